The molecule has 0 unspecified atom stereocenters. The number of nitrogens with one attached hydrogen (secondary N) is 2. The summed E-state index contributed by atoms with van der Waals surface area (Å²) in [5.41, 5.74) is 9.16. The van der Waals surface area contributed by atoms with Gasteiger partial charge in [-0.05, 0) is 24.3 Å². The van der Waals surface area contributed by atoms with Gasteiger partial charge < -0.3 is 5.73 Å². The van der Waals surface area contributed by atoms with Gasteiger partial charge in [-0.25, -0.2) is 4.68 Å². The Morgan fingerprint density at radius 3 is 2.68 bits per heavy atom. The smallest absolute Gasteiger partial charge is 0.201 e. The van der Waals surface area contributed by atoms with Crippen LogP contribution in [0.3, 0.4) is 0 Å². The highest BCUT2D eigenvalue weighted by Crippen LogP contribution is 2.12. The first-order valence-corrected chi connectivity index (χ1v) is 5.25. The number of amidine groups is 1. The van der Waals surface area contributed by atoms with E-state index in [2.05, 4.69) is 20.8 Å². The fourth-order valence-electron chi connectivity index (χ4n) is 1.30. The zero-order chi connectivity index (χ0) is 13.7. The monoisotopic (exact) mass is 254 g/mol. The summed E-state index contributed by atoms with van der Waals surface area (Å²) in [7, 11) is 0. The first kappa shape index (κ1) is 12.3. The Bertz CT molecular complexity index is 632. The summed E-state index contributed by atoms with van der Waals surface area (Å²) in [4.78, 5) is 0. The van der Waals surface area contributed by atoms with Crippen LogP contribution in [0.1, 0.15) is 0 Å². The lowest BCUT2D eigenvalue weighted by molar-refractivity contribution is 0.803. The summed E-state index contributed by atoms with van der Waals surface area (Å²) in [5.74, 6) is -0.380. The number of aromatic nitrogens is 3. The first-order valence-electron chi connectivity index (χ1n) is 5.25. The van der Waals surface area contributed by atoms with E-state index in [4.69, 9.17) is 16.4 Å². The van der Waals surface area contributed by atoms with Crippen LogP contribution in [0.25, 0.3) is 5.69 Å². The molecule has 8 heteroatoms. The van der Waals surface area contributed by atoms with E-state index in [0.717, 1.165) is 5.69 Å². The maximum atomic E-state index is 8.68. The van der Waals surface area contributed by atoms with Gasteiger partial charge in [-0.1, -0.05) is 5.21 Å². The third-order valence-electron chi connectivity index (χ3n) is 2.21. The Hall–Kier alpha value is -3.21. The van der Waals surface area contributed by atoms with Gasteiger partial charge in [0.1, 0.15) is 6.07 Å². The number of nitrogens with zero attached hydrogens (tertiary/aromatic N) is 5. The SMILES string of the molecule is N#C/C(=N\Nc1ccc(-n2ccnn2)cc1)C(=N)N. The third kappa shape index (κ3) is 2.92. The van der Waals surface area contributed by atoms with E-state index in [0.29, 0.717) is 5.69 Å². The van der Waals surface area contributed by atoms with Crippen LogP contribution in [0.4, 0.5) is 5.69 Å². The lowest BCUT2D eigenvalue weighted by Crippen LogP contribution is -2.21. The predicted octanol–water partition coefficient (Wildman–Crippen LogP) is 0.495. The highest BCUT2D eigenvalue weighted by atomic mass is 15.4. The Morgan fingerprint density at radius 2 is 2.16 bits per heavy atom. The maximum absolute atomic E-state index is 8.68. The molecule has 0 radical (unpaired) electrons. The molecule has 0 atom stereocenters. The van der Waals surface area contributed by atoms with E-state index in [1.807, 2.05) is 12.1 Å². The van der Waals surface area contributed by atoms with Crippen LogP contribution in [0.5, 0.6) is 0 Å². The van der Waals surface area contributed by atoms with Crippen molar-refractivity contribution in [3.63, 3.8) is 0 Å². The van der Waals surface area contributed by atoms with E-state index < -0.39 is 0 Å². The quantitative estimate of drug-likeness (QED) is 0.415. The van der Waals surface area contributed by atoms with Gasteiger partial charge in [0.15, 0.2) is 5.84 Å². The molecule has 1 aromatic carbocycles. The number of hydrogen-bond acceptors (Lipinski definition) is 6. The predicted molar refractivity (Wildman–Crippen MR) is 69.9 cm³/mol. The van der Waals surface area contributed by atoms with Gasteiger partial charge in [-0.15, -0.1) is 5.10 Å². The zero-order valence-corrected chi connectivity index (χ0v) is 9.78. The number of rotatable bonds is 4. The molecule has 0 saturated heterocycles. The van der Waals surface area contributed by atoms with Crippen LogP contribution in [-0.2, 0) is 0 Å². The van der Waals surface area contributed by atoms with Crippen molar-refractivity contribution in [2.24, 2.45) is 10.8 Å². The highest BCUT2D eigenvalue weighted by molar-refractivity contribution is 6.45. The number of nitriles is 1. The molecular weight excluding hydrogens is 244 g/mol. The van der Waals surface area contributed by atoms with E-state index in [1.54, 1.807) is 35.3 Å². The highest BCUT2D eigenvalue weighted by Gasteiger charge is 2.01. The average molecular weight is 254 g/mol. The average Bonchev–Trinajstić information content (AvgIpc) is 2.94. The van der Waals surface area contributed by atoms with Crippen LogP contribution < -0.4 is 11.2 Å². The lowest BCUT2D eigenvalue weighted by atomic mass is 10.3. The summed E-state index contributed by atoms with van der Waals surface area (Å²) in [6.45, 7) is 0. The molecule has 0 spiro atoms. The molecule has 94 valence electrons. The largest absolute Gasteiger partial charge is 0.382 e. The van der Waals surface area contributed by atoms with Crippen molar-refractivity contribution in [2.45, 2.75) is 0 Å². The molecule has 8 nitrogen and oxygen atoms in total. The Labute approximate surface area is 108 Å². The van der Waals surface area contributed by atoms with Crippen LogP contribution >= 0.6 is 0 Å². The number of nitrogens with two attached hydrogens (primary N) is 1. The standard InChI is InChI=1S/C11H10N8/c12-7-10(11(13)14)17-16-8-1-3-9(4-2-8)19-6-5-15-18-19/h1-6,16H,(H3,13,14)/b17-10+. The third-order valence-corrected chi connectivity index (χ3v) is 2.21. The van der Waals surface area contributed by atoms with Crippen LogP contribution in [0.15, 0.2) is 41.8 Å². The molecule has 4 N–H and O–H groups in total. The minimum absolute atomic E-state index is 0.166. The molecule has 1 heterocycles. The van der Waals surface area contributed by atoms with Crippen LogP contribution in [-0.4, -0.2) is 26.5 Å². The zero-order valence-electron chi connectivity index (χ0n) is 9.78. The van der Waals surface area contributed by atoms with Crippen molar-refractivity contribution in [3.05, 3.63) is 36.7 Å². The second-order valence-electron chi connectivity index (χ2n) is 3.49. The molecule has 2 aromatic rings. The molecule has 0 bridgehead atoms. The molecule has 0 aliphatic rings. The summed E-state index contributed by atoms with van der Waals surface area (Å²) >= 11 is 0. The Balaban J connectivity index is 2.12. The topological polar surface area (TPSA) is 129 Å². The van der Waals surface area contributed by atoms with Gasteiger partial charge in [-0.3, -0.25) is 10.8 Å². The molecular formula is C11H10N8. The molecule has 1 aromatic heterocycles. The molecule has 0 saturated carbocycles. The van der Waals surface area contributed by atoms with Crippen molar-refractivity contribution in [2.75, 3.05) is 5.43 Å². The number of anilines is 1. The fraction of sp³-hybridized carbons (Fsp3) is 0. The summed E-state index contributed by atoms with van der Waals surface area (Å²) in [6.07, 6.45) is 3.31. The summed E-state index contributed by atoms with van der Waals surface area (Å²) in [6, 6.07) is 8.86. The second-order valence-corrected chi connectivity index (χ2v) is 3.49. The van der Waals surface area contributed by atoms with Crippen molar-refractivity contribution in [1.82, 2.24) is 15.0 Å². The van der Waals surface area contributed by atoms with E-state index in [1.165, 1.54) is 0 Å². The molecule has 2 rings (SSSR count). The van der Waals surface area contributed by atoms with Crippen molar-refractivity contribution >= 4 is 17.2 Å². The van der Waals surface area contributed by atoms with Crippen LogP contribution in [0.2, 0.25) is 0 Å². The van der Waals surface area contributed by atoms with Gasteiger partial charge in [0.2, 0.25) is 5.71 Å². The van der Waals surface area contributed by atoms with Crippen LogP contribution in [0, 0.1) is 16.7 Å². The molecule has 0 fully saturated rings. The van der Waals surface area contributed by atoms with E-state index >= 15 is 0 Å². The summed E-state index contributed by atoms with van der Waals surface area (Å²) in [5, 5.41) is 27.1. The summed E-state index contributed by atoms with van der Waals surface area (Å²) < 4.78 is 1.61. The lowest BCUT2D eigenvalue weighted by Gasteiger charge is -2.03. The fourth-order valence-corrected chi connectivity index (χ4v) is 1.30. The van der Waals surface area contributed by atoms with Gasteiger partial charge in [-0.2, -0.15) is 10.4 Å². The second kappa shape index (κ2) is 5.42. The molecule has 19 heavy (non-hydrogen) atoms. The van der Waals surface area contributed by atoms with Crippen molar-refractivity contribution in [1.29, 1.82) is 10.7 Å². The van der Waals surface area contributed by atoms with Gasteiger partial charge in [0, 0.05) is 0 Å². The maximum Gasteiger partial charge on any atom is 0.201 e. The molecule has 0 amide bonds. The normalized spacial score (nSPS) is 10.8. The number of benzene rings is 1. The Morgan fingerprint density at radius 1 is 1.42 bits per heavy atom. The number of hydrogen-bond donors (Lipinski definition) is 3. The van der Waals surface area contributed by atoms with E-state index in [9.17, 15) is 0 Å². The number of hydrazone groups is 1. The van der Waals surface area contributed by atoms with Gasteiger partial charge >= 0.3 is 0 Å². The van der Waals surface area contributed by atoms with Gasteiger partial charge in [0.05, 0.1) is 23.8 Å². The van der Waals surface area contributed by atoms with E-state index in [-0.39, 0.29) is 11.5 Å². The Kier molecular flexibility index (Phi) is 3.49. The van der Waals surface area contributed by atoms with Gasteiger partial charge in [0.25, 0.3) is 0 Å². The molecule has 0 aliphatic heterocycles. The molecule has 0 aliphatic carbocycles. The van der Waals surface area contributed by atoms with Crippen molar-refractivity contribution < 1.29 is 0 Å². The minimum Gasteiger partial charge on any atom is -0.382 e. The first-order chi connectivity index (χ1) is 9.20. The minimum atomic E-state index is -0.380. The van der Waals surface area contributed by atoms with Crippen molar-refractivity contribution in [3.8, 4) is 11.8 Å².